The lowest BCUT2D eigenvalue weighted by Crippen LogP contribution is -2.19. The van der Waals surface area contributed by atoms with Crippen molar-refractivity contribution in [3.63, 3.8) is 0 Å². The normalized spacial score (nSPS) is 11.1. The molecule has 142 valence electrons. The Morgan fingerprint density at radius 3 is 2.61 bits per heavy atom. The summed E-state index contributed by atoms with van der Waals surface area (Å²) >= 11 is 0. The van der Waals surface area contributed by atoms with E-state index in [1.807, 2.05) is 36.4 Å². The molecule has 0 saturated carbocycles. The Balaban J connectivity index is 1.41. The molecule has 1 N–H and O–H groups in total. The van der Waals surface area contributed by atoms with Gasteiger partial charge in [-0.15, -0.1) is 0 Å². The van der Waals surface area contributed by atoms with Gasteiger partial charge in [0.15, 0.2) is 11.7 Å². The van der Waals surface area contributed by atoms with Gasteiger partial charge in [-0.1, -0.05) is 30.3 Å². The number of aryl methyl sites for hydroxylation is 3. The first-order valence-corrected chi connectivity index (χ1v) is 8.98. The first-order valence-electron chi connectivity index (χ1n) is 8.98. The van der Waals surface area contributed by atoms with Gasteiger partial charge in [-0.2, -0.15) is 0 Å². The summed E-state index contributed by atoms with van der Waals surface area (Å²) in [6.07, 6.45) is 2.33. The SMILES string of the molecule is Cn1c(=O)n(C)c2cc(NC(=O)CCc3ncc(-c4ccccc4)o3)ccc21. The summed E-state index contributed by atoms with van der Waals surface area (Å²) in [5.74, 6) is 1.07. The molecule has 0 atom stereocenters. The third-order valence-electron chi connectivity index (χ3n) is 4.73. The van der Waals surface area contributed by atoms with Gasteiger partial charge in [-0.3, -0.25) is 13.9 Å². The average Bonchev–Trinajstić information content (AvgIpc) is 3.27. The Morgan fingerprint density at radius 1 is 1.07 bits per heavy atom. The monoisotopic (exact) mass is 376 g/mol. The van der Waals surface area contributed by atoms with Gasteiger partial charge in [0.05, 0.1) is 17.2 Å². The van der Waals surface area contributed by atoms with Gasteiger partial charge in [0.25, 0.3) is 0 Å². The number of hydrogen-bond acceptors (Lipinski definition) is 4. The Labute approximate surface area is 161 Å². The van der Waals surface area contributed by atoms with Gasteiger partial charge >= 0.3 is 5.69 Å². The van der Waals surface area contributed by atoms with Gasteiger partial charge < -0.3 is 9.73 Å². The predicted octanol–water partition coefficient (Wildman–Crippen LogP) is 3.10. The number of imidazole rings is 1. The van der Waals surface area contributed by atoms with Crippen molar-refractivity contribution in [3.05, 3.63) is 71.1 Å². The van der Waals surface area contributed by atoms with Crippen LogP contribution in [-0.2, 0) is 25.3 Å². The number of amides is 1. The topological polar surface area (TPSA) is 82.1 Å². The minimum atomic E-state index is -0.139. The highest BCUT2D eigenvalue weighted by atomic mass is 16.4. The predicted molar refractivity (Wildman–Crippen MR) is 107 cm³/mol. The number of oxazole rings is 1. The third-order valence-corrected chi connectivity index (χ3v) is 4.73. The third kappa shape index (κ3) is 3.34. The van der Waals surface area contributed by atoms with Crippen LogP contribution in [0.15, 0.2) is 63.9 Å². The highest BCUT2D eigenvalue weighted by molar-refractivity contribution is 5.93. The summed E-state index contributed by atoms with van der Waals surface area (Å²) < 4.78 is 8.86. The number of nitrogens with one attached hydrogen (secondary N) is 1. The van der Waals surface area contributed by atoms with E-state index in [9.17, 15) is 9.59 Å². The Morgan fingerprint density at radius 2 is 1.82 bits per heavy atom. The molecule has 1 amide bonds. The Hall–Kier alpha value is -3.61. The van der Waals surface area contributed by atoms with Crippen molar-refractivity contribution in [1.29, 1.82) is 0 Å². The maximum Gasteiger partial charge on any atom is 0.328 e. The quantitative estimate of drug-likeness (QED) is 0.580. The van der Waals surface area contributed by atoms with Gasteiger partial charge in [-0.25, -0.2) is 9.78 Å². The van der Waals surface area contributed by atoms with Crippen LogP contribution in [0.3, 0.4) is 0 Å². The van der Waals surface area contributed by atoms with Gasteiger partial charge in [0.1, 0.15) is 0 Å². The molecule has 0 aliphatic carbocycles. The lowest BCUT2D eigenvalue weighted by Gasteiger charge is -2.05. The minimum Gasteiger partial charge on any atom is -0.441 e. The van der Waals surface area contributed by atoms with Crippen molar-refractivity contribution in [1.82, 2.24) is 14.1 Å². The van der Waals surface area contributed by atoms with E-state index < -0.39 is 0 Å². The van der Waals surface area contributed by atoms with Gasteiger partial charge in [-0.05, 0) is 18.2 Å². The second-order valence-electron chi connectivity index (χ2n) is 6.64. The first kappa shape index (κ1) is 17.8. The Bertz CT molecular complexity index is 1200. The Kier molecular flexibility index (Phi) is 4.57. The fourth-order valence-corrected chi connectivity index (χ4v) is 3.19. The van der Waals surface area contributed by atoms with Crippen LogP contribution in [0, 0.1) is 0 Å². The van der Waals surface area contributed by atoms with E-state index in [1.54, 1.807) is 41.6 Å². The number of fused-ring (bicyclic) bond motifs is 1. The second kappa shape index (κ2) is 7.19. The molecule has 2 aromatic carbocycles. The van der Waals surface area contributed by atoms with Crippen molar-refractivity contribution in [3.8, 4) is 11.3 Å². The summed E-state index contributed by atoms with van der Waals surface area (Å²) in [6, 6.07) is 15.1. The second-order valence-corrected chi connectivity index (χ2v) is 6.64. The van der Waals surface area contributed by atoms with Crippen LogP contribution in [0.25, 0.3) is 22.4 Å². The number of hydrogen-bond donors (Lipinski definition) is 1. The number of carbonyl (C=O) groups is 1. The summed E-state index contributed by atoms with van der Waals surface area (Å²) in [5, 5.41) is 2.87. The van der Waals surface area contributed by atoms with E-state index in [0.717, 1.165) is 16.6 Å². The summed E-state index contributed by atoms with van der Waals surface area (Å²) in [6.45, 7) is 0. The molecule has 0 spiro atoms. The smallest absolute Gasteiger partial charge is 0.328 e. The highest BCUT2D eigenvalue weighted by Gasteiger charge is 2.11. The molecule has 28 heavy (non-hydrogen) atoms. The zero-order chi connectivity index (χ0) is 19.7. The molecular formula is C21H20N4O3. The number of carbonyl (C=O) groups excluding carboxylic acids is 1. The molecule has 2 heterocycles. The maximum atomic E-state index is 12.3. The van der Waals surface area contributed by atoms with Crippen molar-refractivity contribution < 1.29 is 9.21 Å². The molecule has 0 fully saturated rings. The summed E-state index contributed by atoms with van der Waals surface area (Å²) in [5.41, 5.74) is 3.09. The minimum absolute atomic E-state index is 0.100. The highest BCUT2D eigenvalue weighted by Crippen LogP contribution is 2.21. The van der Waals surface area contributed by atoms with E-state index in [-0.39, 0.29) is 18.0 Å². The summed E-state index contributed by atoms with van der Waals surface area (Å²) in [4.78, 5) is 28.6. The lowest BCUT2D eigenvalue weighted by atomic mass is 10.2. The standard InChI is InChI=1S/C21H20N4O3/c1-24-16-9-8-15(12-17(16)25(2)21(24)27)23-19(26)10-11-20-22-13-18(28-20)14-6-4-3-5-7-14/h3-9,12-13H,10-11H2,1-2H3,(H,23,26). The average molecular weight is 376 g/mol. The maximum absolute atomic E-state index is 12.3. The van der Waals surface area contributed by atoms with E-state index in [2.05, 4.69) is 10.3 Å². The number of benzene rings is 2. The molecule has 7 heteroatoms. The van der Waals surface area contributed by atoms with Crippen molar-refractivity contribution >= 4 is 22.6 Å². The van der Waals surface area contributed by atoms with E-state index in [4.69, 9.17) is 4.42 Å². The zero-order valence-corrected chi connectivity index (χ0v) is 15.7. The van der Waals surface area contributed by atoms with Crippen LogP contribution in [0.2, 0.25) is 0 Å². The number of rotatable bonds is 5. The van der Waals surface area contributed by atoms with E-state index in [0.29, 0.717) is 23.8 Å². The molecule has 4 aromatic rings. The first-order chi connectivity index (χ1) is 13.5. The van der Waals surface area contributed by atoms with Crippen molar-refractivity contribution in [2.75, 3.05) is 5.32 Å². The van der Waals surface area contributed by atoms with Crippen LogP contribution in [0.5, 0.6) is 0 Å². The van der Waals surface area contributed by atoms with Gasteiger partial charge in [0.2, 0.25) is 5.91 Å². The lowest BCUT2D eigenvalue weighted by molar-refractivity contribution is -0.116. The number of nitrogens with zero attached hydrogens (tertiary/aromatic N) is 3. The number of anilines is 1. The van der Waals surface area contributed by atoms with Gasteiger partial charge in [0, 0.05) is 38.2 Å². The fourth-order valence-electron chi connectivity index (χ4n) is 3.19. The zero-order valence-electron chi connectivity index (χ0n) is 15.7. The summed E-state index contributed by atoms with van der Waals surface area (Å²) in [7, 11) is 3.44. The fraction of sp³-hybridized carbons (Fsp3) is 0.190. The molecule has 4 rings (SSSR count). The molecule has 0 radical (unpaired) electrons. The molecule has 7 nitrogen and oxygen atoms in total. The van der Waals surface area contributed by atoms with Crippen LogP contribution in [0.1, 0.15) is 12.3 Å². The largest absolute Gasteiger partial charge is 0.441 e. The molecule has 0 unspecified atom stereocenters. The van der Waals surface area contributed by atoms with E-state index in [1.165, 1.54) is 0 Å². The van der Waals surface area contributed by atoms with Crippen molar-refractivity contribution in [2.45, 2.75) is 12.8 Å². The van der Waals surface area contributed by atoms with Crippen molar-refractivity contribution in [2.24, 2.45) is 14.1 Å². The van der Waals surface area contributed by atoms with Crippen LogP contribution >= 0.6 is 0 Å². The molecule has 0 saturated heterocycles. The molecular weight excluding hydrogens is 356 g/mol. The van der Waals surface area contributed by atoms with Crippen LogP contribution < -0.4 is 11.0 Å². The van der Waals surface area contributed by atoms with Crippen LogP contribution in [0.4, 0.5) is 5.69 Å². The molecule has 0 aliphatic heterocycles. The van der Waals surface area contributed by atoms with Crippen LogP contribution in [-0.4, -0.2) is 20.0 Å². The van der Waals surface area contributed by atoms with E-state index >= 15 is 0 Å². The number of aromatic nitrogens is 3. The molecule has 2 aromatic heterocycles. The molecule has 0 bridgehead atoms. The molecule has 0 aliphatic rings.